The van der Waals surface area contributed by atoms with Crippen LogP contribution in [0.3, 0.4) is 0 Å². The number of aromatic nitrogens is 2. The summed E-state index contributed by atoms with van der Waals surface area (Å²) >= 11 is 6.05. The van der Waals surface area contributed by atoms with Crippen molar-refractivity contribution in [2.45, 2.75) is 13.1 Å². The Balaban J connectivity index is 1.53. The minimum absolute atomic E-state index is 0.0486. The fourth-order valence-electron chi connectivity index (χ4n) is 2.83. The van der Waals surface area contributed by atoms with E-state index >= 15 is 0 Å². The quantitative estimate of drug-likeness (QED) is 0.583. The van der Waals surface area contributed by atoms with Crippen molar-refractivity contribution in [3.8, 4) is 0 Å². The molecule has 0 spiro atoms. The summed E-state index contributed by atoms with van der Waals surface area (Å²) in [6.45, 7) is 2.51. The van der Waals surface area contributed by atoms with Crippen molar-refractivity contribution in [3.05, 3.63) is 57.1 Å². The van der Waals surface area contributed by atoms with Gasteiger partial charge in [0.25, 0.3) is 0 Å². The molecule has 26 heavy (non-hydrogen) atoms. The molecule has 0 unspecified atom stereocenters. The second kappa shape index (κ2) is 7.79. The first-order valence-corrected chi connectivity index (χ1v) is 8.41. The molecule has 0 atom stereocenters. The van der Waals surface area contributed by atoms with Gasteiger partial charge in [0.2, 0.25) is 5.91 Å². The Bertz CT molecular complexity index is 800. The molecule has 0 aliphatic carbocycles. The Morgan fingerprint density at radius 2 is 2.04 bits per heavy atom. The Hall–Kier alpha value is -2.52. The lowest BCUT2D eigenvalue weighted by Gasteiger charge is -2.34. The minimum Gasteiger partial charge on any atom is -0.339 e. The van der Waals surface area contributed by atoms with Crippen molar-refractivity contribution in [1.82, 2.24) is 19.6 Å². The van der Waals surface area contributed by atoms with Crippen molar-refractivity contribution < 1.29 is 14.1 Å². The maximum absolute atomic E-state index is 13.9. The van der Waals surface area contributed by atoms with E-state index in [2.05, 4.69) is 5.10 Å². The highest BCUT2D eigenvalue weighted by molar-refractivity contribution is 6.31. The molecule has 1 aliphatic rings. The number of rotatable bonds is 5. The van der Waals surface area contributed by atoms with Gasteiger partial charge < -0.3 is 4.90 Å². The molecule has 1 amide bonds. The van der Waals surface area contributed by atoms with Crippen LogP contribution in [0.1, 0.15) is 5.56 Å². The number of benzene rings is 1. The molecule has 0 radical (unpaired) electrons. The average Bonchev–Trinajstić information content (AvgIpc) is 3.07. The molecule has 0 N–H and O–H groups in total. The van der Waals surface area contributed by atoms with Crippen LogP contribution >= 0.6 is 11.6 Å². The highest BCUT2D eigenvalue weighted by Gasteiger charge is 2.23. The standard InChI is InChI=1S/C16H17ClFN5O3/c17-14-2-1-3-15(18)13(14)10-20-4-6-21(7-5-20)16(24)11-22-9-12(8-19-22)23(25)26/h1-3,8-9H,4-7,10-11H2. The van der Waals surface area contributed by atoms with Crippen molar-refractivity contribution in [3.63, 3.8) is 0 Å². The topological polar surface area (TPSA) is 84.5 Å². The van der Waals surface area contributed by atoms with Gasteiger partial charge in [-0.1, -0.05) is 17.7 Å². The number of halogens is 2. The van der Waals surface area contributed by atoms with Crippen molar-refractivity contribution >= 4 is 23.2 Å². The maximum atomic E-state index is 13.9. The lowest BCUT2D eigenvalue weighted by molar-refractivity contribution is -0.385. The van der Waals surface area contributed by atoms with E-state index in [1.165, 1.54) is 16.9 Å². The molecule has 1 saturated heterocycles. The molecular formula is C16H17ClFN5O3. The summed E-state index contributed by atoms with van der Waals surface area (Å²) in [5.74, 6) is -0.497. The van der Waals surface area contributed by atoms with E-state index in [0.29, 0.717) is 43.3 Å². The average molecular weight is 382 g/mol. The Kier molecular flexibility index (Phi) is 5.48. The fourth-order valence-corrected chi connectivity index (χ4v) is 3.06. The maximum Gasteiger partial charge on any atom is 0.307 e. The summed E-state index contributed by atoms with van der Waals surface area (Å²) in [5, 5.41) is 14.9. The van der Waals surface area contributed by atoms with Gasteiger partial charge >= 0.3 is 5.69 Å². The lowest BCUT2D eigenvalue weighted by atomic mass is 10.2. The number of hydrogen-bond acceptors (Lipinski definition) is 5. The van der Waals surface area contributed by atoms with Crippen LogP contribution in [0.2, 0.25) is 5.02 Å². The summed E-state index contributed by atoms with van der Waals surface area (Å²) in [7, 11) is 0. The van der Waals surface area contributed by atoms with E-state index in [1.54, 1.807) is 17.0 Å². The molecular weight excluding hydrogens is 365 g/mol. The third-order valence-electron chi connectivity index (χ3n) is 4.30. The van der Waals surface area contributed by atoms with Crippen LogP contribution in [0.5, 0.6) is 0 Å². The van der Waals surface area contributed by atoms with Crippen molar-refractivity contribution in [2.24, 2.45) is 0 Å². The van der Waals surface area contributed by atoms with Gasteiger partial charge in [-0.3, -0.25) is 24.5 Å². The van der Waals surface area contributed by atoms with Crippen LogP contribution < -0.4 is 0 Å². The van der Waals surface area contributed by atoms with Crippen LogP contribution in [0.25, 0.3) is 0 Å². The third-order valence-corrected chi connectivity index (χ3v) is 4.65. The molecule has 10 heteroatoms. The van der Waals surface area contributed by atoms with Gasteiger partial charge in [-0.2, -0.15) is 5.10 Å². The van der Waals surface area contributed by atoms with Crippen LogP contribution in [0, 0.1) is 15.9 Å². The van der Waals surface area contributed by atoms with Gasteiger partial charge in [-0.05, 0) is 12.1 Å². The smallest absolute Gasteiger partial charge is 0.307 e. The summed E-state index contributed by atoms with van der Waals surface area (Å²) in [5.41, 5.74) is 0.308. The fraction of sp³-hybridized carbons (Fsp3) is 0.375. The number of nitrogens with zero attached hydrogens (tertiary/aromatic N) is 5. The number of amides is 1. The van der Waals surface area contributed by atoms with E-state index in [-0.39, 0.29) is 24.0 Å². The largest absolute Gasteiger partial charge is 0.339 e. The summed E-state index contributed by atoms with van der Waals surface area (Å²) < 4.78 is 15.1. The van der Waals surface area contributed by atoms with Crippen LogP contribution in [0.4, 0.5) is 10.1 Å². The zero-order chi connectivity index (χ0) is 18.7. The van der Waals surface area contributed by atoms with Gasteiger partial charge in [-0.15, -0.1) is 0 Å². The van der Waals surface area contributed by atoms with Crippen LogP contribution in [-0.2, 0) is 17.9 Å². The van der Waals surface area contributed by atoms with E-state index in [9.17, 15) is 19.3 Å². The first-order valence-electron chi connectivity index (χ1n) is 8.04. The Labute approximate surface area is 153 Å². The molecule has 8 nitrogen and oxygen atoms in total. The first kappa shape index (κ1) is 18.3. The van der Waals surface area contributed by atoms with Gasteiger partial charge in [0.15, 0.2) is 0 Å². The molecule has 1 fully saturated rings. The minimum atomic E-state index is -0.555. The predicted molar refractivity (Wildman–Crippen MR) is 92.1 cm³/mol. The van der Waals surface area contributed by atoms with E-state index in [1.807, 2.05) is 4.90 Å². The molecule has 138 valence electrons. The highest BCUT2D eigenvalue weighted by atomic mass is 35.5. The van der Waals surface area contributed by atoms with Gasteiger partial charge in [0.05, 0.1) is 4.92 Å². The number of carbonyl (C=O) groups is 1. The second-order valence-electron chi connectivity index (χ2n) is 6.01. The number of hydrogen-bond donors (Lipinski definition) is 0. The zero-order valence-corrected chi connectivity index (χ0v) is 14.6. The third kappa shape index (κ3) is 4.17. The Morgan fingerprint density at radius 1 is 1.31 bits per heavy atom. The van der Waals surface area contributed by atoms with Gasteiger partial charge in [0.1, 0.15) is 24.8 Å². The molecule has 0 saturated carbocycles. The first-order chi connectivity index (χ1) is 12.4. The van der Waals surface area contributed by atoms with Crippen molar-refractivity contribution in [2.75, 3.05) is 26.2 Å². The lowest BCUT2D eigenvalue weighted by Crippen LogP contribution is -2.49. The molecule has 3 rings (SSSR count). The van der Waals surface area contributed by atoms with E-state index in [0.717, 1.165) is 6.20 Å². The van der Waals surface area contributed by atoms with Crippen LogP contribution in [-0.4, -0.2) is 56.6 Å². The Morgan fingerprint density at radius 3 is 2.65 bits per heavy atom. The molecule has 1 aromatic heterocycles. The monoisotopic (exact) mass is 381 g/mol. The van der Waals surface area contributed by atoms with Crippen molar-refractivity contribution in [1.29, 1.82) is 0 Å². The van der Waals surface area contributed by atoms with Gasteiger partial charge in [-0.25, -0.2) is 4.39 Å². The van der Waals surface area contributed by atoms with Crippen LogP contribution in [0.15, 0.2) is 30.6 Å². The number of nitro groups is 1. The predicted octanol–water partition coefficient (Wildman–Crippen LogP) is 1.93. The van der Waals surface area contributed by atoms with Gasteiger partial charge in [0, 0.05) is 43.3 Å². The second-order valence-corrected chi connectivity index (χ2v) is 6.42. The van der Waals surface area contributed by atoms with E-state index < -0.39 is 4.92 Å². The van der Waals surface area contributed by atoms with E-state index in [4.69, 9.17) is 11.6 Å². The molecule has 1 aliphatic heterocycles. The normalized spacial score (nSPS) is 15.2. The highest BCUT2D eigenvalue weighted by Crippen LogP contribution is 2.21. The SMILES string of the molecule is O=C(Cn1cc([N+](=O)[O-])cn1)N1CCN(Cc2c(F)cccc2Cl)CC1. The number of carbonyl (C=O) groups excluding carboxylic acids is 1. The molecule has 2 heterocycles. The molecule has 2 aromatic rings. The summed E-state index contributed by atoms with van der Waals surface area (Å²) in [6, 6.07) is 4.60. The molecule has 1 aromatic carbocycles. The number of piperazine rings is 1. The summed E-state index contributed by atoms with van der Waals surface area (Å²) in [6.07, 6.45) is 2.34. The summed E-state index contributed by atoms with van der Waals surface area (Å²) in [4.78, 5) is 26.1. The zero-order valence-electron chi connectivity index (χ0n) is 13.8. The molecule has 0 bridgehead atoms.